The van der Waals surface area contributed by atoms with Gasteiger partial charge in [-0.1, -0.05) is 36.3 Å². The Morgan fingerprint density at radius 3 is 2.20 bits per heavy atom. The van der Waals surface area contributed by atoms with E-state index in [4.69, 9.17) is 30.1 Å². The van der Waals surface area contributed by atoms with Crippen LogP contribution in [0.15, 0.2) is 54.6 Å². The standard InChI is InChI=1S/C49H65N11O9/c1-3-26-66-28-30-68-32-33-69-31-29-67-27-24-58-21-19-57(20-22-58)16-8-15-56(23-25-61)14-7-13-51-48(63)46-54-37-60(55-46)47-44-43(42(65-2)36-53-47)41(35-52-44)45(62)49(64)59-17-11-39(12-18-59)40(34-50)38-9-5-4-6-10-38/h1,4-6,9-10,35-37,52,61H,7-8,11-33H2,2H3,(H,51,63). The number of carbonyl (C=O) groups is 3. The van der Waals surface area contributed by atoms with Crippen molar-refractivity contribution in [3.63, 3.8) is 0 Å². The largest absolute Gasteiger partial charge is 0.494 e. The van der Waals surface area contributed by atoms with E-state index in [2.05, 4.69) is 52.1 Å². The number of methoxy groups -OCH3 is 1. The van der Waals surface area contributed by atoms with E-state index < -0.39 is 17.6 Å². The summed E-state index contributed by atoms with van der Waals surface area (Å²) in [5.41, 5.74) is 2.87. The van der Waals surface area contributed by atoms with Gasteiger partial charge in [0.15, 0.2) is 5.82 Å². The zero-order valence-electron chi connectivity index (χ0n) is 39.6. The van der Waals surface area contributed by atoms with Crippen LogP contribution >= 0.6 is 0 Å². The number of Topliss-reactive ketones (excluding diaryl/α,β-unsaturated/α-hetero) is 1. The zero-order valence-corrected chi connectivity index (χ0v) is 39.6. The number of amides is 2. The number of carbonyl (C=O) groups excluding carboxylic acids is 3. The van der Waals surface area contributed by atoms with Crippen molar-refractivity contribution in [2.75, 3.05) is 145 Å². The number of aromatic nitrogens is 5. The van der Waals surface area contributed by atoms with Gasteiger partial charge in [0.2, 0.25) is 5.82 Å². The minimum Gasteiger partial charge on any atom is -0.494 e. The monoisotopic (exact) mass is 951 g/mol. The number of hydrogen-bond donors (Lipinski definition) is 3. The van der Waals surface area contributed by atoms with Crippen LogP contribution in [0.3, 0.4) is 0 Å². The normalized spacial score (nSPS) is 14.5. The molecule has 2 saturated heterocycles. The number of nitriles is 1. The van der Waals surface area contributed by atoms with Crippen LogP contribution in [0, 0.1) is 23.7 Å². The van der Waals surface area contributed by atoms with Gasteiger partial charge in [0.1, 0.15) is 18.7 Å². The summed E-state index contributed by atoms with van der Waals surface area (Å²) >= 11 is 0. The van der Waals surface area contributed by atoms with E-state index in [0.717, 1.165) is 63.4 Å². The maximum absolute atomic E-state index is 13.8. The fourth-order valence-corrected chi connectivity index (χ4v) is 8.32. The van der Waals surface area contributed by atoms with E-state index in [1.807, 2.05) is 30.3 Å². The average Bonchev–Trinajstić information content (AvgIpc) is 4.07. The van der Waals surface area contributed by atoms with Crippen molar-refractivity contribution < 1.29 is 43.2 Å². The number of likely N-dealkylation sites (tertiary alicyclic amines) is 1. The van der Waals surface area contributed by atoms with Gasteiger partial charge in [-0.3, -0.25) is 19.3 Å². The number of nitrogens with zero attached hydrogens (tertiary/aromatic N) is 9. The summed E-state index contributed by atoms with van der Waals surface area (Å²) < 4.78 is 28.8. The molecular formula is C49H65N11O9. The van der Waals surface area contributed by atoms with Crippen molar-refractivity contribution in [3.05, 3.63) is 71.6 Å². The highest BCUT2D eigenvalue weighted by atomic mass is 16.6. The van der Waals surface area contributed by atoms with Gasteiger partial charge < -0.3 is 53.8 Å². The molecule has 4 aromatic rings. The third-order valence-corrected chi connectivity index (χ3v) is 12.0. The molecule has 2 amide bonds. The SMILES string of the molecule is C#CCOCCOCCOCCOCCN1CCN(CCCN(CCO)CCCNC(=O)c2ncn(-c3ncc(OC)c4c(C(=O)C(=O)N5CCC(=C(C#N)c6ccccc6)CC5)c[nH]c34)n2)CC1. The van der Waals surface area contributed by atoms with E-state index in [-0.39, 0.29) is 29.6 Å². The van der Waals surface area contributed by atoms with Crippen molar-refractivity contribution >= 4 is 34.1 Å². The number of ether oxygens (including phenoxy) is 5. The Balaban J connectivity index is 0.887. The molecule has 3 N–H and O–H groups in total. The molecule has 370 valence electrons. The number of nitrogens with one attached hydrogen (secondary N) is 2. The number of pyridine rings is 1. The first-order chi connectivity index (χ1) is 33.8. The molecule has 0 unspecified atom stereocenters. The highest BCUT2D eigenvalue weighted by molar-refractivity contribution is 6.45. The number of ketones is 1. The molecule has 3 aromatic heterocycles. The smallest absolute Gasteiger partial charge is 0.295 e. The maximum Gasteiger partial charge on any atom is 0.295 e. The Kier molecular flexibility index (Phi) is 21.5. The maximum atomic E-state index is 13.8. The number of H-pyrrole nitrogens is 1. The van der Waals surface area contributed by atoms with E-state index in [9.17, 15) is 24.8 Å². The molecule has 0 spiro atoms. The predicted molar refractivity (Wildman–Crippen MR) is 257 cm³/mol. The van der Waals surface area contributed by atoms with Crippen molar-refractivity contribution in [2.45, 2.75) is 25.7 Å². The molecule has 2 fully saturated rings. The molecule has 69 heavy (non-hydrogen) atoms. The molecule has 2 aliphatic heterocycles. The van der Waals surface area contributed by atoms with Crippen LogP contribution in [-0.2, 0) is 23.7 Å². The highest BCUT2D eigenvalue weighted by Gasteiger charge is 2.31. The summed E-state index contributed by atoms with van der Waals surface area (Å²) in [6, 6.07) is 11.7. The number of aliphatic hydroxyl groups is 1. The predicted octanol–water partition coefficient (Wildman–Crippen LogP) is 2.06. The Labute approximate surface area is 403 Å². The molecule has 2 aliphatic rings. The van der Waals surface area contributed by atoms with Crippen molar-refractivity contribution in [1.82, 2.24) is 49.6 Å². The summed E-state index contributed by atoms with van der Waals surface area (Å²) in [6.07, 6.45) is 12.0. The van der Waals surface area contributed by atoms with Crippen LogP contribution < -0.4 is 10.1 Å². The van der Waals surface area contributed by atoms with Gasteiger partial charge >= 0.3 is 0 Å². The lowest BCUT2D eigenvalue weighted by molar-refractivity contribution is -0.126. The molecule has 20 heteroatoms. The van der Waals surface area contributed by atoms with Gasteiger partial charge in [0, 0.05) is 65.1 Å². The van der Waals surface area contributed by atoms with Crippen LogP contribution in [0.4, 0.5) is 0 Å². The lowest BCUT2D eigenvalue weighted by Gasteiger charge is -2.35. The van der Waals surface area contributed by atoms with E-state index in [1.54, 1.807) is 0 Å². The Morgan fingerprint density at radius 2 is 1.54 bits per heavy atom. The summed E-state index contributed by atoms with van der Waals surface area (Å²) in [6.45, 7) is 13.0. The summed E-state index contributed by atoms with van der Waals surface area (Å²) in [5.74, 6) is 1.05. The second kappa shape index (κ2) is 28.4. The van der Waals surface area contributed by atoms with E-state index >= 15 is 0 Å². The lowest BCUT2D eigenvalue weighted by atomic mass is 9.93. The van der Waals surface area contributed by atoms with Crippen LogP contribution in [-0.4, -0.2) is 212 Å². The van der Waals surface area contributed by atoms with Gasteiger partial charge in [0.25, 0.3) is 17.6 Å². The number of aromatic amines is 1. The number of fused-ring (bicyclic) bond motifs is 1. The Hall–Kier alpha value is -6.07. The fourth-order valence-electron chi connectivity index (χ4n) is 8.32. The van der Waals surface area contributed by atoms with Crippen molar-refractivity contribution in [2.24, 2.45) is 0 Å². The third-order valence-electron chi connectivity index (χ3n) is 12.0. The van der Waals surface area contributed by atoms with E-state index in [1.165, 1.54) is 35.4 Å². The van der Waals surface area contributed by atoms with Crippen LogP contribution in [0.2, 0.25) is 0 Å². The van der Waals surface area contributed by atoms with Gasteiger partial charge in [-0.25, -0.2) is 9.97 Å². The number of rotatable bonds is 29. The molecule has 0 atom stereocenters. The second-order valence-corrected chi connectivity index (χ2v) is 16.5. The first-order valence-corrected chi connectivity index (χ1v) is 23.6. The molecule has 0 bridgehead atoms. The average molecular weight is 952 g/mol. The van der Waals surface area contributed by atoms with Crippen molar-refractivity contribution in [3.8, 4) is 30.0 Å². The number of terminal acetylenes is 1. The van der Waals surface area contributed by atoms with Gasteiger partial charge in [-0.15, -0.1) is 11.5 Å². The first-order valence-electron chi connectivity index (χ1n) is 23.6. The Bertz CT molecular complexity index is 2360. The summed E-state index contributed by atoms with van der Waals surface area (Å²) in [4.78, 5) is 60.9. The topological polar surface area (TPSA) is 226 Å². The minimum atomic E-state index is -0.714. The quantitative estimate of drug-likeness (QED) is 0.0233. The number of piperidine rings is 1. The molecule has 1 aromatic carbocycles. The molecule has 0 radical (unpaired) electrons. The minimum absolute atomic E-state index is 0.0516. The molecule has 6 rings (SSSR count). The lowest BCUT2D eigenvalue weighted by Crippen LogP contribution is -2.47. The van der Waals surface area contributed by atoms with Gasteiger partial charge in [-0.2, -0.15) is 9.94 Å². The van der Waals surface area contributed by atoms with Crippen molar-refractivity contribution in [1.29, 1.82) is 5.26 Å². The number of hydrogen-bond acceptors (Lipinski definition) is 16. The molecule has 20 nitrogen and oxygen atoms in total. The number of piperazine rings is 1. The number of benzene rings is 1. The highest BCUT2D eigenvalue weighted by Crippen LogP contribution is 2.33. The first kappa shape index (κ1) is 52.3. The van der Waals surface area contributed by atoms with Crippen LogP contribution in [0.1, 0.15) is 52.2 Å². The molecular weight excluding hydrogens is 887 g/mol. The van der Waals surface area contributed by atoms with Gasteiger partial charge in [-0.05, 0) is 56.5 Å². The van der Waals surface area contributed by atoms with Gasteiger partial charge in [0.05, 0.1) is 94.3 Å². The molecule has 0 aliphatic carbocycles. The summed E-state index contributed by atoms with van der Waals surface area (Å²) in [5, 5.41) is 27.2. The summed E-state index contributed by atoms with van der Waals surface area (Å²) in [7, 11) is 1.45. The molecule has 5 heterocycles. The number of allylic oxidation sites excluding steroid dienone is 1. The number of aliphatic hydroxyl groups excluding tert-OH is 1. The van der Waals surface area contributed by atoms with Crippen LogP contribution in [0.5, 0.6) is 5.75 Å². The third kappa shape index (κ3) is 15.5. The second-order valence-electron chi connectivity index (χ2n) is 16.5. The molecule has 0 saturated carbocycles. The fraction of sp³-hybridized carbons (Fsp3) is 0.531. The zero-order chi connectivity index (χ0) is 48.6. The van der Waals surface area contributed by atoms with E-state index in [0.29, 0.717) is 121 Å². The van der Waals surface area contributed by atoms with Crippen LogP contribution in [0.25, 0.3) is 22.3 Å². The Morgan fingerprint density at radius 1 is 0.870 bits per heavy atom.